The quantitative estimate of drug-likeness (QED) is 0.566. The summed E-state index contributed by atoms with van der Waals surface area (Å²) in [6, 6.07) is 15.5. The maximum atomic E-state index is 12.0. The maximum absolute atomic E-state index is 12.0. The number of amides is 1. The van der Waals surface area contributed by atoms with Crippen LogP contribution in [0.1, 0.15) is 11.4 Å². The molecule has 1 N–H and O–H groups in total. The average molecular weight is 371 g/mol. The predicted molar refractivity (Wildman–Crippen MR) is 94.3 cm³/mol. The van der Waals surface area contributed by atoms with Crippen molar-refractivity contribution >= 4 is 39.1 Å². The second-order valence-corrected chi connectivity index (χ2v) is 6.02. The van der Waals surface area contributed by atoms with Gasteiger partial charge in [0.05, 0.1) is 23.7 Å². The van der Waals surface area contributed by atoms with E-state index in [1.807, 2.05) is 60.1 Å². The number of para-hydroxylation sites is 2. The van der Waals surface area contributed by atoms with Crippen LogP contribution in [0.15, 0.2) is 58.1 Å². The second kappa shape index (κ2) is 6.75. The van der Waals surface area contributed by atoms with Crippen molar-refractivity contribution in [3.05, 3.63) is 64.4 Å². The van der Waals surface area contributed by atoms with E-state index in [0.29, 0.717) is 5.82 Å². The van der Waals surface area contributed by atoms with Crippen molar-refractivity contribution in [3.8, 4) is 0 Å². The fraction of sp³-hybridized carbons (Fsp3) is 0.118. The minimum absolute atomic E-state index is 0.182. The maximum Gasteiger partial charge on any atom is 0.247 e. The van der Waals surface area contributed by atoms with Crippen molar-refractivity contribution in [2.75, 3.05) is 0 Å². The van der Waals surface area contributed by atoms with Crippen LogP contribution in [0.3, 0.4) is 0 Å². The predicted octanol–water partition coefficient (Wildman–Crippen LogP) is 3.03. The fourth-order valence-electron chi connectivity index (χ4n) is 2.30. The third kappa shape index (κ3) is 3.65. The van der Waals surface area contributed by atoms with Gasteiger partial charge in [-0.1, -0.05) is 40.2 Å². The van der Waals surface area contributed by atoms with Gasteiger partial charge in [-0.3, -0.25) is 4.79 Å². The fourth-order valence-corrected chi connectivity index (χ4v) is 2.72. The van der Waals surface area contributed by atoms with E-state index < -0.39 is 0 Å². The second-order valence-electron chi connectivity index (χ2n) is 5.10. The van der Waals surface area contributed by atoms with Crippen molar-refractivity contribution in [2.45, 2.75) is 6.42 Å². The average Bonchev–Trinajstić information content (AvgIpc) is 2.84. The molecule has 0 aliphatic carbocycles. The Morgan fingerprint density at radius 2 is 2.13 bits per heavy atom. The smallest absolute Gasteiger partial charge is 0.247 e. The number of carbonyl (C=O) groups excluding carboxylic acids is 1. The highest BCUT2D eigenvalue weighted by Crippen LogP contribution is 2.14. The summed E-state index contributed by atoms with van der Waals surface area (Å²) in [6.07, 6.45) is 1.79. The molecule has 0 saturated heterocycles. The van der Waals surface area contributed by atoms with Gasteiger partial charge >= 0.3 is 0 Å². The Labute approximate surface area is 142 Å². The molecule has 2 aromatic carbocycles. The van der Waals surface area contributed by atoms with Crippen molar-refractivity contribution < 1.29 is 4.79 Å². The summed E-state index contributed by atoms with van der Waals surface area (Å²) >= 11 is 3.39. The third-order valence-electron chi connectivity index (χ3n) is 3.45. The van der Waals surface area contributed by atoms with Gasteiger partial charge in [0.1, 0.15) is 5.82 Å². The molecule has 0 aliphatic rings. The van der Waals surface area contributed by atoms with E-state index in [0.717, 1.165) is 21.1 Å². The number of rotatable bonds is 4. The summed E-state index contributed by atoms with van der Waals surface area (Å²) in [4.78, 5) is 16.5. The van der Waals surface area contributed by atoms with Crippen molar-refractivity contribution in [1.29, 1.82) is 0 Å². The Morgan fingerprint density at radius 3 is 2.91 bits per heavy atom. The molecule has 0 spiro atoms. The monoisotopic (exact) mass is 370 g/mol. The molecule has 5 nitrogen and oxygen atoms in total. The van der Waals surface area contributed by atoms with Crippen LogP contribution >= 0.6 is 15.9 Å². The number of nitrogens with one attached hydrogen (secondary N) is 1. The first-order valence-corrected chi connectivity index (χ1v) is 7.90. The van der Waals surface area contributed by atoms with Crippen LogP contribution in [-0.4, -0.2) is 21.7 Å². The molecular formula is C17H15BrN4O. The van der Waals surface area contributed by atoms with E-state index >= 15 is 0 Å². The molecule has 116 valence electrons. The normalized spacial score (nSPS) is 11.2. The zero-order chi connectivity index (χ0) is 16.2. The Hall–Kier alpha value is -2.47. The van der Waals surface area contributed by atoms with Crippen LogP contribution in [-0.2, 0) is 18.3 Å². The van der Waals surface area contributed by atoms with Gasteiger partial charge < -0.3 is 4.57 Å². The van der Waals surface area contributed by atoms with Crippen molar-refractivity contribution in [1.82, 2.24) is 15.0 Å². The van der Waals surface area contributed by atoms with Crippen molar-refractivity contribution in [2.24, 2.45) is 12.1 Å². The lowest BCUT2D eigenvalue weighted by atomic mass is 10.2. The van der Waals surface area contributed by atoms with Crippen LogP contribution in [0, 0.1) is 0 Å². The molecule has 6 heteroatoms. The molecule has 0 saturated carbocycles. The Morgan fingerprint density at radius 1 is 1.30 bits per heavy atom. The first kappa shape index (κ1) is 15.4. The Balaban J connectivity index is 1.66. The van der Waals surface area contributed by atoms with E-state index in [2.05, 4.69) is 31.4 Å². The van der Waals surface area contributed by atoms with Gasteiger partial charge in [-0.05, 0) is 29.8 Å². The molecule has 1 amide bonds. The highest BCUT2D eigenvalue weighted by Gasteiger charge is 2.10. The number of carbonyl (C=O) groups is 1. The number of aryl methyl sites for hydroxylation is 1. The summed E-state index contributed by atoms with van der Waals surface area (Å²) in [5.41, 5.74) is 5.33. The molecule has 0 fully saturated rings. The van der Waals surface area contributed by atoms with Gasteiger partial charge in [0.2, 0.25) is 5.91 Å². The molecule has 0 atom stereocenters. The lowest BCUT2D eigenvalue weighted by molar-refractivity contribution is -0.120. The molecule has 0 radical (unpaired) electrons. The number of fused-ring (bicyclic) bond motifs is 1. The lowest BCUT2D eigenvalue weighted by Gasteiger charge is -2.01. The summed E-state index contributed by atoms with van der Waals surface area (Å²) in [6.45, 7) is 0. The standard InChI is InChI=1S/C17H15BrN4O/c1-22-15-8-3-2-7-14(15)20-16(22)10-17(23)21-19-11-12-5-4-6-13(18)9-12/h2-9,11H,10H2,1H3,(H,21,23). The van der Waals surface area contributed by atoms with E-state index in [-0.39, 0.29) is 12.3 Å². The number of benzene rings is 2. The lowest BCUT2D eigenvalue weighted by Crippen LogP contribution is -2.21. The van der Waals surface area contributed by atoms with Gasteiger partial charge in [-0.25, -0.2) is 10.4 Å². The van der Waals surface area contributed by atoms with Gasteiger partial charge in [0, 0.05) is 11.5 Å². The molecule has 1 heterocycles. The molecule has 0 bridgehead atoms. The number of hydrogen-bond acceptors (Lipinski definition) is 3. The molecule has 23 heavy (non-hydrogen) atoms. The van der Waals surface area contributed by atoms with Gasteiger partial charge in [-0.2, -0.15) is 5.10 Å². The summed E-state index contributed by atoms with van der Waals surface area (Å²) in [5.74, 6) is 0.510. The number of halogens is 1. The zero-order valence-corrected chi connectivity index (χ0v) is 14.1. The third-order valence-corrected chi connectivity index (χ3v) is 3.94. The number of imidazole rings is 1. The largest absolute Gasteiger partial charge is 0.331 e. The topological polar surface area (TPSA) is 59.3 Å². The first-order chi connectivity index (χ1) is 11.1. The molecule has 0 unspecified atom stereocenters. The van der Waals surface area contributed by atoms with Gasteiger partial charge in [0.25, 0.3) is 0 Å². The molecule has 1 aromatic heterocycles. The minimum Gasteiger partial charge on any atom is -0.331 e. The summed E-state index contributed by atoms with van der Waals surface area (Å²) in [5, 5.41) is 3.98. The van der Waals surface area contributed by atoms with Crippen molar-refractivity contribution in [3.63, 3.8) is 0 Å². The SMILES string of the molecule is Cn1c(CC(=O)NN=Cc2cccc(Br)c2)nc2ccccc21. The Kier molecular flexibility index (Phi) is 4.52. The summed E-state index contributed by atoms with van der Waals surface area (Å²) < 4.78 is 2.89. The van der Waals surface area contributed by atoms with E-state index in [9.17, 15) is 4.79 Å². The number of nitrogens with zero attached hydrogens (tertiary/aromatic N) is 3. The van der Waals surface area contributed by atoms with E-state index in [1.165, 1.54) is 0 Å². The van der Waals surface area contributed by atoms with E-state index in [4.69, 9.17) is 0 Å². The molecular weight excluding hydrogens is 356 g/mol. The number of hydrogen-bond donors (Lipinski definition) is 1. The zero-order valence-electron chi connectivity index (χ0n) is 12.5. The molecule has 3 aromatic rings. The number of hydrazone groups is 1. The highest BCUT2D eigenvalue weighted by molar-refractivity contribution is 9.10. The van der Waals surface area contributed by atoms with Crippen LogP contribution in [0.2, 0.25) is 0 Å². The first-order valence-electron chi connectivity index (χ1n) is 7.11. The van der Waals surface area contributed by atoms with Gasteiger partial charge in [-0.15, -0.1) is 0 Å². The summed E-state index contributed by atoms with van der Waals surface area (Å²) in [7, 11) is 1.91. The van der Waals surface area contributed by atoms with E-state index in [1.54, 1.807) is 6.21 Å². The van der Waals surface area contributed by atoms with Crippen LogP contribution in [0.5, 0.6) is 0 Å². The molecule has 0 aliphatic heterocycles. The van der Waals surface area contributed by atoms with Crippen LogP contribution in [0.25, 0.3) is 11.0 Å². The number of aromatic nitrogens is 2. The molecule has 3 rings (SSSR count). The van der Waals surface area contributed by atoms with Crippen LogP contribution < -0.4 is 5.43 Å². The minimum atomic E-state index is -0.199. The van der Waals surface area contributed by atoms with Gasteiger partial charge in [0.15, 0.2) is 0 Å². The Bertz CT molecular complexity index is 885. The highest BCUT2D eigenvalue weighted by atomic mass is 79.9. The van der Waals surface area contributed by atoms with Crippen LogP contribution in [0.4, 0.5) is 0 Å².